The topological polar surface area (TPSA) is 237 Å². The van der Waals surface area contributed by atoms with E-state index < -0.39 is 97.5 Å². The Balaban J connectivity index is 5.25. The van der Waals surface area contributed by atoms with Crippen molar-refractivity contribution < 1.29 is 80.2 Å². The third-order valence-corrected chi connectivity index (χ3v) is 23.0. The van der Waals surface area contributed by atoms with E-state index in [1.54, 1.807) is 0 Å². The van der Waals surface area contributed by atoms with Crippen LogP contribution in [0.2, 0.25) is 0 Å². The van der Waals surface area contributed by atoms with Crippen LogP contribution in [0.15, 0.2) is 0 Å². The molecule has 0 spiro atoms. The van der Waals surface area contributed by atoms with E-state index in [9.17, 15) is 43.2 Å². The zero-order valence-electron chi connectivity index (χ0n) is 69.9. The van der Waals surface area contributed by atoms with Gasteiger partial charge in [-0.3, -0.25) is 37.3 Å². The third kappa shape index (κ3) is 77.4. The molecule has 0 aliphatic carbocycles. The van der Waals surface area contributed by atoms with Gasteiger partial charge in [0.15, 0.2) is 12.2 Å². The Morgan fingerprint density at radius 1 is 0.274 bits per heavy atom. The number of esters is 4. The van der Waals surface area contributed by atoms with Gasteiger partial charge in [-0.15, -0.1) is 0 Å². The first-order chi connectivity index (χ1) is 51.3. The van der Waals surface area contributed by atoms with Gasteiger partial charge in [0.1, 0.15) is 19.3 Å². The maximum atomic E-state index is 13.2. The fraction of sp³-hybridized carbons (Fsp3) is 0.954. The van der Waals surface area contributed by atoms with Gasteiger partial charge in [0.2, 0.25) is 0 Å². The molecule has 0 aromatic rings. The molecule has 17 nitrogen and oxygen atoms in total. The van der Waals surface area contributed by atoms with E-state index in [1.807, 2.05) is 0 Å². The zero-order valence-corrected chi connectivity index (χ0v) is 71.7. The van der Waals surface area contributed by atoms with Crippen LogP contribution >= 0.6 is 15.6 Å². The number of hydrogen-bond donors (Lipinski definition) is 3. The molecule has 0 bridgehead atoms. The van der Waals surface area contributed by atoms with Gasteiger partial charge in [-0.1, -0.05) is 408 Å². The van der Waals surface area contributed by atoms with Crippen molar-refractivity contribution >= 4 is 39.5 Å². The van der Waals surface area contributed by atoms with Crippen LogP contribution in [0.3, 0.4) is 0 Å². The molecular formula is C87H170O17P2. The minimum absolute atomic E-state index is 0.106. The lowest BCUT2D eigenvalue weighted by Crippen LogP contribution is -2.30. The van der Waals surface area contributed by atoms with Crippen molar-refractivity contribution in [3.63, 3.8) is 0 Å². The molecule has 0 fully saturated rings. The molecule has 0 heterocycles. The number of aliphatic hydroxyl groups excluding tert-OH is 1. The number of carbonyl (C=O) groups excluding carboxylic acids is 4. The Morgan fingerprint density at radius 3 is 0.717 bits per heavy atom. The lowest BCUT2D eigenvalue weighted by atomic mass is 9.99. The SMILES string of the molecule is CCCCCCCCCCCCCCCCCCCCC(=O)OC[C@H](COP(=O)(O)OC[C@@H](O)COP(=O)(O)OC[C@@H](COC(=O)CCCCCCCCCCCC(C)C)OC(=O)CCCCCCCCCCCCC(C)CC)OC(=O)CCCCCCCCCCCCCCCCCCCCC(C)CC. The minimum Gasteiger partial charge on any atom is -0.462 e. The molecule has 0 aliphatic heterocycles. The smallest absolute Gasteiger partial charge is 0.462 e. The standard InChI is InChI=1S/C87H170O17P2/c1-8-11-12-13-14-15-16-17-18-19-23-26-29-32-40-47-54-61-68-84(89)97-74-82(103-86(91)70-63-56-49-41-33-30-27-24-21-20-22-25-28-31-38-45-52-59-66-79(6)9-2)76-101-105(93,94)99-72-81(88)73-100-106(95,96)102-77-83(75-98-85(90)69-62-55-48-43-36-37-44-51-58-65-78(4)5)104-87(92)71-64-57-50-42-35-34-39-46-53-60-67-80(7)10-3/h78-83,88H,8-77H2,1-7H3,(H,93,94)(H,95,96)/t79?,80?,81-,82-,83-/m1/s1. The number of aliphatic hydroxyl groups is 1. The molecule has 7 atom stereocenters. The summed E-state index contributed by atoms with van der Waals surface area (Å²) in [5.74, 6) is 0.314. The van der Waals surface area contributed by atoms with Crippen LogP contribution < -0.4 is 0 Å². The van der Waals surface area contributed by atoms with E-state index in [-0.39, 0.29) is 25.7 Å². The van der Waals surface area contributed by atoms with Crippen molar-refractivity contribution in [2.45, 2.75) is 478 Å². The van der Waals surface area contributed by atoms with Gasteiger partial charge in [0.05, 0.1) is 26.4 Å². The summed E-state index contributed by atoms with van der Waals surface area (Å²) >= 11 is 0. The highest BCUT2D eigenvalue weighted by Crippen LogP contribution is 2.45. The van der Waals surface area contributed by atoms with Gasteiger partial charge < -0.3 is 33.8 Å². The van der Waals surface area contributed by atoms with E-state index in [0.29, 0.717) is 25.7 Å². The summed E-state index contributed by atoms with van der Waals surface area (Å²) in [4.78, 5) is 73.3. The van der Waals surface area contributed by atoms with Gasteiger partial charge in [-0.25, -0.2) is 9.13 Å². The summed E-state index contributed by atoms with van der Waals surface area (Å²) in [6.07, 6.45) is 68.0. The minimum atomic E-state index is -4.97. The van der Waals surface area contributed by atoms with Gasteiger partial charge in [0, 0.05) is 25.7 Å². The molecule has 0 aliphatic rings. The molecule has 630 valence electrons. The van der Waals surface area contributed by atoms with E-state index in [4.69, 9.17) is 37.0 Å². The first-order valence-electron chi connectivity index (χ1n) is 44.9. The summed E-state index contributed by atoms with van der Waals surface area (Å²) in [6, 6.07) is 0. The van der Waals surface area contributed by atoms with Crippen molar-refractivity contribution in [3.05, 3.63) is 0 Å². The Morgan fingerprint density at radius 2 is 0.481 bits per heavy atom. The van der Waals surface area contributed by atoms with Gasteiger partial charge >= 0.3 is 39.5 Å². The average Bonchev–Trinajstić information content (AvgIpc) is 0.902. The molecule has 0 radical (unpaired) electrons. The molecule has 0 rings (SSSR count). The largest absolute Gasteiger partial charge is 0.472 e. The van der Waals surface area contributed by atoms with Crippen LogP contribution in [-0.2, 0) is 65.4 Å². The van der Waals surface area contributed by atoms with Crippen molar-refractivity contribution in [2.24, 2.45) is 17.8 Å². The first kappa shape index (κ1) is 104. The number of ether oxygens (including phenoxy) is 4. The average molecular weight is 1550 g/mol. The highest BCUT2D eigenvalue weighted by molar-refractivity contribution is 7.47. The lowest BCUT2D eigenvalue weighted by molar-refractivity contribution is -0.161. The molecule has 0 saturated carbocycles. The number of phosphoric ester groups is 2. The van der Waals surface area contributed by atoms with E-state index >= 15 is 0 Å². The van der Waals surface area contributed by atoms with Gasteiger partial charge in [-0.2, -0.15) is 0 Å². The predicted molar refractivity (Wildman–Crippen MR) is 437 cm³/mol. The summed E-state index contributed by atoms with van der Waals surface area (Å²) in [6.45, 7) is 12.1. The van der Waals surface area contributed by atoms with Crippen LogP contribution in [0.4, 0.5) is 0 Å². The van der Waals surface area contributed by atoms with Crippen LogP contribution in [0.1, 0.15) is 459 Å². The highest BCUT2D eigenvalue weighted by Gasteiger charge is 2.31. The van der Waals surface area contributed by atoms with E-state index in [1.165, 1.54) is 270 Å². The number of phosphoric acid groups is 2. The van der Waals surface area contributed by atoms with Crippen molar-refractivity contribution in [1.82, 2.24) is 0 Å². The van der Waals surface area contributed by atoms with Gasteiger partial charge in [-0.05, 0) is 43.4 Å². The number of carbonyl (C=O) groups is 4. The summed E-state index contributed by atoms with van der Waals surface area (Å²) < 4.78 is 68.9. The summed E-state index contributed by atoms with van der Waals surface area (Å²) in [5, 5.41) is 10.7. The quantitative estimate of drug-likeness (QED) is 0.0222. The molecule has 0 aromatic heterocycles. The first-order valence-corrected chi connectivity index (χ1v) is 47.9. The Bertz CT molecular complexity index is 2050. The van der Waals surface area contributed by atoms with Crippen molar-refractivity contribution in [1.29, 1.82) is 0 Å². The van der Waals surface area contributed by atoms with Crippen LogP contribution in [-0.4, -0.2) is 96.7 Å². The highest BCUT2D eigenvalue weighted by atomic mass is 31.2. The Hall–Kier alpha value is -1.94. The molecule has 0 aromatic carbocycles. The zero-order chi connectivity index (χ0) is 77.9. The van der Waals surface area contributed by atoms with Crippen molar-refractivity contribution in [3.8, 4) is 0 Å². The monoisotopic (exact) mass is 1550 g/mol. The van der Waals surface area contributed by atoms with E-state index in [0.717, 1.165) is 108 Å². The van der Waals surface area contributed by atoms with Crippen LogP contribution in [0.25, 0.3) is 0 Å². The van der Waals surface area contributed by atoms with Crippen LogP contribution in [0, 0.1) is 17.8 Å². The second kappa shape index (κ2) is 77.0. The number of hydrogen-bond acceptors (Lipinski definition) is 15. The Labute approximate surface area is 651 Å². The third-order valence-electron chi connectivity index (χ3n) is 21.1. The van der Waals surface area contributed by atoms with Crippen LogP contribution in [0.5, 0.6) is 0 Å². The second-order valence-corrected chi connectivity index (χ2v) is 35.1. The van der Waals surface area contributed by atoms with Gasteiger partial charge in [0.25, 0.3) is 0 Å². The number of unbranched alkanes of at least 4 members (excludes halogenated alkanes) is 51. The molecule has 3 N–H and O–H groups in total. The fourth-order valence-corrected chi connectivity index (χ4v) is 15.1. The second-order valence-electron chi connectivity index (χ2n) is 32.2. The molecule has 4 unspecified atom stereocenters. The van der Waals surface area contributed by atoms with Crippen molar-refractivity contribution in [2.75, 3.05) is 39.6 Å². The molecular weight excluding hydrogens is 1380 g/mol. The molecule has 106 heavy (non-hydrogen) atoms. The summed E-state index contributed by atoms with van der Waals surface area (Å²) in [5.41, 5.74) is 0. The maximum absolute atomic E-state index is 13.2. The normalized spacial score (nSPS) is 14.4. The molecule has 0 saturated heterocycles. The Kier molecular flexibility index (Phi) is 75.6. The predicted octanol–water partition coefficient (Wildman–Crippen LogP) is 26.5. The number of rotatable bonds is 85. The fourth-order valence-electron chi connectivity index (χ4n) is 13.5. The van der Waals surface area contributed by atoms with E-state index in [2.05, 4.69) is 48.5 Å². The molecule has 0 amide bonds. The molecule has 19 heteroatoms. The maximum Gasteiger partial charge on any atom is 0.472 e. The lowest BCUT2D eigenvalue weighted by Gasteiger charge is -2.21. The summed E-state index contributed by atoms with van der Waals surface area (Å²) in [7, 11) is -9.93.